The Kier molecular flexibility index (Phi) is 2.86. The van der Waals surface area contributed by atoms with Gasteiger partial charge in [-0.15, -0.1) is 0 Å². The molecule has 0 saturated heterocycles. The number of benzene rings is 1. The molecule has 0 aliphatic heterocycles. The second-order valence-electron chi connectivity index (χ2n) is 5.03. The lowest BCUT2D eigenvalue weighted by atomic mass is 9.84. The van der Waals surface area contributed by atoms with E-state index in [0.717, 1.165) is 0 Å². The van der Waals surface area contributed by atoms with Gasteiger partial charge in [-0.1, -0.05) is 13.8 Å². The SMILES string of the molecule is Cn1c(=O)oc2cc(C(=O)C(C)(C)CN)ccc21. The zero-order valence-electron chi connectivity index (χ0n) is 10.7. The standard InChI is InChI=1S/C13H16N2O3/c1-13(2,7-14)11(16)8-4-5-9-10(6-8)18-12(17)15(9)3/h4-6H,7,14H2,1-3H3. The van der Waals surface area contributed by atoms with Crippen molar-refractivity contribution in [2.45, 2.75) is 13.8 Å². The molecular weight excluding hydrogens is 232 g/mol. The third-order valence-electron chi connectivity index (χ3n) is 3.18. The van der Waals surface area contributed by atoms with Crippen LogP contribution in [0.25, 0.3) is 11.1 Å². The van der Waals surface area contributed by atoms with Gasteiger partial charge in [-0.25, -0.2) is 4.79 Å². The van der Waals surface area contributed by atoms with Gasteiger partial charge in [0, 0.05) is 24.6 Å². The number of nitrogens with zero attached hydrogens (tertiary/aromatic N) is 1. The van der Waals surface area contributed by atoms with Crippen LogP contribution in [0.4, 0.5) is 0 Å². The number of ketones is 1. The zero-order valence-corrected chi connectivity index (χ0v) is 10.7. The van der Waals surface area contributed by atoms with E-state index in [1.54, 1.807) is 39.1 Å². The van der Waals surface area contributed by atoms with E-state index in [4.69, 9.17) is 10.2 Å². The third kappa shape index (κ3) is 1.86. The largest absolute Gasteiger partial charge is 0.419 e. The van der Waals surface area contributed by atoms with E-state index in [1.807, 2.05) is 0 Å². The minimum Gasteiger partial charge on any atom is -0.408 e. The predicted molar refractivity (Wildman–Crippen MR) is 68.6 cm³/mol. The van der Waals surface area contributed by atoms with Crippen LogP contribution >= 0.6 is 0 Å². The number of carbonyl (C=O) groups excluding carboxylic acids is 1. The molecule has 96 valence electrons. The molecule has 0 unspecified atom stereocenters. The number of oxazole rings is 1. The van der Waals surface area contributed by atoms with E-state index >= 15 is 0 Å². The van der Waals surface area contributed by atoms with Gasteiger partial charge in [-0.05, 0) is 18.2 Å². The molecule has 1 aromatic carbocycles. The number of Topliss-reactive ketones (excluding diaryl/α,β-unsaturated/α-hetero) is 1. The Balaban J connectivity index is 2.55. The number of carbonyl (C=O) groups is 1. The molecule has 1 aromatic heterocycles. The lowest BCUT2D eigenvalue weighted by Gasteiger charge is -2.20. The van der Waals surface area contributed by atoms with Crippen molar-refractivity contribution < 1.29 is 9.21 Å². The Morgan fingerprint density at radius 2 is 2.11 bits per heavy atom. The first-order valence-electron chi connectivity index (χ1n) is 5.71. The fourth-order valence-electron chi connectivity index (χ4n) is 1.76. The lowest BCUT2D eigenvalue weighted by Crippen LogP contribution is -2.32. The molecule has 2 rings (SSSR count). The summed E-state index contributed by atoms with van der Waals surface area (Å²) in [5.74, 6) is -0.494. The number of hydrogen-bond donors (Lipinski definition) is 1. The quantitative estimate of drug-likeness (QED) is 0.830. The monoisotopic (exact) mass is 248 g/mol. The van der Waals surface area contributed by atoms with Gasteiger partial charge >= 0.3 is 5.76 Å². The van der Waals surface area contributed by atoms with E-state index in [2.05, 4.69) is 0 Å². The van der Waals surface area contributed by atoms with Crippen LogP contribution in [-0.2, 0) is 7.05 Å². The second-order valence-corrected chi connectivity index (χ2v) is 5.03. The minimum atomic E-state index is -0.622. The fraction of sp³-hybridized carbons (Fsp3) is 0.385. The van der Waals surface area contributed by atoms with E-state index < -0.39 is 11.2 Å². The van der Waals surface area contributed by atoms with Crippen molar-refractivity contribution in [3.63, 3.8) is 0 Å². The molecule has 0 radical (unpaired) electrons. The van der Waals surface area contributed by atoms with Gasteiger partial charge in [-0.3, -0.25) is 9.36 Å². The highest BCUT2D eigenvalue weighted by Gasteiger charge is 2.27. The molecule has 0 aliphatic rings. The van der Waals surface area contributed by atoms with Crippen LogP contribution in [0.15, 0.2) is 27.4 Å². The maximum atomic E-state index is 12.2. The second kappa shape index (κ2) is 4.10. The molecule has 0 amide bonds. The summed E-state index contributed by atoms with van der Waals surface area (Å²) in [6.07, 6.45) is 0. The molecule has 18 heavy (non-hydrogen) atoms. The summed E-state index contributed by atoms with van der Waals surface area (Å²) in [6, 6.07) is 4.99. The third-order valence-corrected chi connectivity index (χ3v) is 3.18. The molecule has 5 heteroatoms. The Morgan fingerprint density at radius 3 is 2.72 bits per heavy atom. The van der Waals surface area contributed by atoms with Crippen LogP contribution in [0.1, 0.15) is 24.2 Å². The van der Waals surface area contributed by atoms with Gasteiger partial charge in [0.25, 0.3) is 0 Å². The van der Waals surface area contributed by atoms with Gasteiger partial charge in [0.15, 0.2) is 11.4 Å². The summed E-state index contributed by atoms with van der Waals surface area (Å²) in [4.78, 5) is 23.6. The predicted octanol–water partition coefficient (Wildman–Crippen LogP) is 1.30. The highest BCUT2D eigenvalue weighted by Crippen LogP contribution is 2.23. The molecule has 0 atom stereocenters. The van der Waals surface area contributed by atoms with Gasteiger partial charge < -0.3 is 10.2 Å². The Labute approximate surface area is 104 Å². The van der Waals surface area contributed by atoms with Crippen LogP contribution in [0.2, 0.25) is 0 Å². The average molecular weight is 248 g/mol. The lowest BCUT2D eigenvalue weighted by molar-refractivity contribution is 0.0847. The minimum absolute atomic E-state index is 0.0570. The number of aromatic nitrogens is 1. The first-order chi connectivity index (χ1) is 8.36. The topological polar surface area (TPSA) is 78.2 Å². The summed E-state index contributed by atoms with van der Waals surface area (Å²) in [5.41, 5.74) is 6.56. The van der Waals surface area contributed by atoms with Gasteiger partial charge in [-0.2, -0.15) is 0 Å². The van der Waals surface area contributed by atoms with Crippen molar-refractivity contribution in [1.29, 1.82) is 0 Å². The van der Waals surface area contributed by atoms with E-state index in [1.165, 1.54) is 4.57 Å². The smallest absolute Gasteiger partial charge is 0.408 e. The first-order valence-corrected chi connectivity index (χ1v) is 5.71. The number of rotatable bonds is 3. The maximum absolute atomic E-state index is 12.2. The maximum Gasteiger partial charge on any atom is 0.419 e. The number of nitrogens with two attached hydrogens (primary N) is 1. The molecule has 2 aromatic rings. The summed E-state index contributed by atoms with van der Waals surface area (Å²) in [6.45, 7) is 3.85. The van der Waals surface area contributed by atoms with Crippen molar-refractivity contribution >= 4 is 16.9 Å². The van der Waals surface area contributed by atoms with Gasteiger partial charge in [0.05, 0.1) is 5.52 Å². The van der Waals surface area contributed by atoms with Crippen LogP contribution < -0.4 is 11.5 Å². The molecule has 0 bridgehead atoms. The summed E-state index contributed by atoms with van der Waals surface area (Å²) >= 11 is 0. The first kappa shape index (κ1) is 12.6. The van der Waals surface area contributed by atoms with Crippen LogP contribution in [0.3, 0.4) is 0 Å². The molecule has 1 heterocycles. The van der Waals surface area contributed by atoms with Gasteiger partial charge in [0.1, 0.15) is 0 Å². The molecule has 0 fully saturated rings. The van der Waals surface area contributed by atoms with E-state index in [9.17, 15) is 9.59 Å². The fourth-order valence-corrected chi connectivity index (χ4v) is 1.76. The zero-order chi connectivity index (χ0) is 13.5. The molecule has 0 aliphatic carbocycles. The van der Waals surface area contributed by atoms with Crippen molar-refractivity contribution in [1.82, 2.24) is 4.57 Å². The molecule has 5 nitrogen and oxygen atoms in total. The Hall–Kier alpha value is -1.88. The summed E-state index contributed by atoms with van der Waals surface area (Å²) < 4.78 is 6.46. The normalized spacial score (nSPS) is 12.0. The van der Waals surface area contributed by atoms with Crippen LogP contribution in [-0.4, -0.2) is 16.9 Å². The number of fused-ring (bicyclic) bond motifs is 1. The Bertz CT molecular complexity index is 664. The molecule has 0 saturated carbocycles. The van der Waals surface area contributed by atoms with Crippen molar-refractivity contribution in [2.24, 2.45) is 18.2 Å². The van der Waals surface area contributed by atoms with Crippen LogP contribution in [0.5, 0.6) is 0 Å². The van der Waals surface area contributed by atoms with Gasteiger partial charge in [0.2, 0.25) is 0 Å². The highest BCUT2D eigenvalue weighted by molar-refractivity contribution is 6.02. The van der Waals surface area contributed by atoms with Crippen molar-refractivity contribution in [2.75, 3.05) is 6.54 Å². The number of aryl methyl sites for hydroxylation is 1. The van der Waals surface area contributed by atoms with Crippen LogP contribution in [0, 0.1) is 5.41 Å². The summed E-state index contributed by atoms with van der Waals surface area (Å²) in [7, 11) is 1.62. The number of hydrogen-bond acceptors (Lipinski definition) is 4. The Morgan fingerprint density at radius 1 is 1.44 bits per heavy atom. The highest BCUT2D eigenvalue weighted by atomic mass is 16.4. The van der Waals surface area contributed by atoms with E-state index in [0.29, 0.717) is 16.7 Å². The molecule has 0 spiro atoms. The molecular formula is C13H16N2O3. The van der Waals surface area contributed by atoms with E-state index in [-0.39, 0.29) is 12.3 Å². The van der Waals surface area contributed by atoms with Crippen molar-refractivity contribution in [3.8, 4) is 0 Å². The van der Waals surface area contributed by atoms with Crippen molar-refractivity contribution in [3.05, 3.63) is 34.3 Å². The molecule has 2 N–H and O–H groups in total. The summed E-state index contributed by atoms with van der Waals surface area (Å²) in [5, 5.41) is 0. The average Bonchev–Trinajstić information content (AvgIpc) is 2.63.